The lowest BCUT2D eigenvalue weighted by atomic mass is 10.1. The third-order valence-corrected chi connectivity index (χ3v) is 4.82. The molecule has 0 atom stereocenters. The van der Waals surface area contributed by atoms with Crippen molar-refractivity contribution < 1.29 is 29.0 Å². The van der Waals surface area contributed by atoms with Gasteiger partial charge in [-0.3, -0.25) is 9.59 Å². The number of hydrogen-bond acceptors (Lipinski definition) is 6. The number of aliphatic carboxylic acids is 1. The zero-order valence-corrected chi connectivity index (χ0v) is 16.1. The van der Waals surface area contributed by atoms with Crippen molar-refractivity contribution in [3.8, 4) is 11.5 Å². The van der Waals surface area contributed by atoms with Crippen molar-refractivity contribution in [1.82, 2.24) is 0 Å². The zero-order valence-electron chi connectivity index (χ0n) is 14.5. The first-order chi connectivity index (χ1) is 13.4. The number of para-hydroxylation sites is 1. The Hall–Kier alpha value is -2.97. The first-order valence-electron chi connectivity index (χ1n) is 7.96. The molecule has 1 aliphatic heterocycles. The molecule has 1 fully saturated rings. The van der Waals surface area contributed by atoms with Gasteiger partial charge in [-0.15, -0.1) is 0 Å². The molecule has 0 saturated carbocycles. The van der Waals surface area contributed by atoms with E-state index < -0.39 is 23.7 Å². The van der Waals surface area contributed by atoms with Crippen molar-refractivity contribution in [3.05, 3.63) is 58.0 Å². The Bertz CT molecular complexity index is 990. The molecular weight excluding hydrogens is 406 g/mol. The summed E-state index contributed by atoms with van der Waals surface area (Å²) in [6, 6.07) is 11.3. The highest BCUT2D eigenvalue weighted by Crippen LogP contribution is 2.39. The summed E-state index contributed by atoms with van der Waals surface area (Å²) in [5.74, 6) is -1.19. The maximum absolute atomic E-state index is 12.8. The Kier molecular flexibility index (Phi) is 5.91. The van der Waals surface area contributed by atoms with Crippen LogP contribution in [0.15, 0.2) is 47.4 Å². The van der Waals surface area contributed by atoms with E-state index >= 15 is 0 Å². The summed E-state index contributed by atoms with van der Waals surface area (Å²) in [5, 5.41) is 8.81. The third-order valence-electron chi connectivity index (χ3n) is 3.72. The van der Waals surface area contributed by atoms with Crippen molar-refractivity contribution in [2.75, 3.05) is 18.6 Å². The van der Waals surface area contributed by atoms with Crippen molar-refractivity contribution in [2.45, 2.75) is 0 Å². The van der Waals surface area contributed by atoms with E-state index in [1.807, 2.05) is 0 Å². The van der Waals surface area contributed by atoms with Crippen molar-refractivity contribution in [2.24, 2.45) is 0 Å². The standard InChI is InChI=1S/C19H14ClNO6S/c1-26-14-7-2-4-11(17(14)27-10-16(22)23)8-15-18(24)21(19(25)28-15)13-6-3-5-12(20)9-13/h2-9H,10H2,1H3,(H,22,23)/b15-8-. The van der Waals surface area contributed by atoms with Gasteiger partial charge in [-0.05, 0) is 42.1 Å². The fourth-order valence-electron chi connectivity index (χ4n) is 2.54. The van der Waals surface area contributed by atoms with E-state index in [1.165, 1.54) is 19.3 Å². The van der Waals surface area contributed by atoms with Gasteiger partial charge < -0.3 is 14.6 Å². The summed E-state index contributed by atoms with van der Waals surface area (Å²) < 4.78 is 10.5. The molecule has 2 amide bonds. The average molecular weight is 420 g/mol. The van der Waals surface area contributed by atoms with Gasteiger partial charge in [-0.2, -0.15) is 0 Å². The molecule has 0 aliphatic carbocycles. The lowest BCUT2D eigenvalue weighted by Crippen LogP contribution is -2.27. The van der Waals surface area contributed by atoms with Gasteiger partial charge in [0, 0.05) is 10.6 Å². The fraction of sp³-hybridized carbons (Fsp3) is 0.105. The molecule has 1 N–H and O–H groups in total. The largest absolute Gasteiger partial charge is 0.493 e. The number of ether oxygens (including phenoxy) is 2. The minimum atomic E-state index is -1.15. The SMILES string of the molecule is COc1cccc(/C=C2\SC(=O)N(c3cccc(Cl)c3)C2=O)c1OCC(=O)O. The number of hydrogen-bond donors (Lipinski definition) is 1. The van der Waals surface area contributed by atoms with Crippen LogP contribution in [-0.2, 0) is 9.59 Å². The third kappa shape index (κ3) is 4.13. The van der Waals surface area contributed by atoms with Crippen LogP contribution in [0, 0.1) is 0 Å². The molecular formula is C19H14ClNO6S. The number of methoxy groups -OCH3 is 1. The van der Waals surface area contributed by atoms with E-state index in [0.717, 1.165) is 16.7 Å². The summed E-state index contributed by atoms with van der Waals surface area (Å²) in [4.78, 5) is 37.2. The highest BCUT2D eigenvalue weighted by molar-refractivity contribution is 8.19. The smallest absolute Gasteiger partial charge is 0.341 e. The van der Waals surface area contributed by atoms with Crippen molar-refractivity contribution in [1.29, 1.82) is 0 Å². The second-order valence-electron chi connectivity index (χ2n) is 5.56. The van der Waals surface area contributed by atoms with Gasteiger partial charge in [0.15, 0.2) is 18.1 Å². The van der Waals surface area contributed by atoms with E-state index in [4.69, 9.17) is 26.2 Å². The van der Waals surface area contributed by atoms with E-state index in [-0.39, 0.29) is 10.7 Å². The molecule has 1 saturated heterocycles. The molecule has 3 rings (SSSR count). The molecule has 1 aliphatic rings. The Labute approximate surface area is 169 Å². The molecule has 2 aromatic rings. The number of rotatable bonds is 6. The summed E-state index contributed by atoms with van der Waals surface area (Å²) in [5.41, 5.74) is 0.781. The van der Waals surface area contributed by atoms with Gasteiger partial charge in [0.2, 0.25) is 0 Å². The first-order valence-corrected chi connectivity index (χ1v) is 9.15. The number of amides is 2. The van der Waals surface area contributed by atoms with Gasteiger partial charge >= 0.3 is 5.97 Å². The number of carbonyl (C=O) groups is 3. The normalized spacial score (nSPS) is 15.2. The van der Waals surface area contributed by atoms with E-state index in [1.54, 1.807) is 36.4 Å². The molecule has 0 spiro atoms. The molecule has 28 heavy (non-hydrogen) atoms. The lowest BCUT2D eigenvalue weighted by molar-refractivity contribution is -0.139. The number of thioether (sulfide) groups is 1. The number of carboxylic acids is 1. The molecule has 9 heteroatoms. The number of carboxylic acid groups (broad SMARTS) is 1. The second kappa shape index (κ2) is 8.37. The minimum absolute atomic E-state index is 0.165. The van der Waals surface area contributed by atoms with Gasteiger partial charge in [0.05, 0.1) is 17.7 Å². The fourth-order valence-corrected chi connectivity index (χ4v) is 3.56. The number of benzene rings is 2. The van der Waals surface area contributed by atoms with Crippen molar-refractivity contribution >= 4 is 52.2 Å². The topological polar surface area (TPSA) is 93.1 Å². The summed E-state index contributed by atoms with van der Waals surface area (Å²) in [7, 11) is 1.42. The Balaban J connectivity index is 1.97. The monoisotopic (exact) mass is 419 g/mol. The van der Waals surface area contributed by atoms with Crippen LogP contribution in [0.5, 0.6) is 11.5 Å². The molecule has 0 radical (unpaired) electrons. The van der Waals surface area contributed by atoms with Crippen LogP contribution >= 0.6 is 23.4 Å². The van der Waals surface area contributed by atoms with Crippen LogP contribution in [0.3, 0.4) is 0 Å². The van der Waals surface area contributed by atoms with E-state index in [9.17, 15) is 14.4 Å². The zero-order chi connectivity index (χ0) is 20.3. The van der Waals surface area contributed by atoms with Crippen LogP contribution in [0.4, 0.5) is 10.5 Å². The Morgan fingerprint density at radius 3 is 2.68 bits per heavy atom. The van der Waals surface area contributed by atoms with Gasteiger partial charge in [-0.25, -0.2) is 9.69 Å². The molecule has 2 aromatic carbocycles. The van der Waals surface area contributed by atoms with Crippen LogP contribution < -0.4 is 14.4 Å². The molecule has 0 aromatic heterocycles. The summed E-state index contributed by atoms with van der Waals surface area (Å²) in [6.07, 6.45) is 1.47. The lowest BCUT2D eigenvalue weighted by Gasteiger charge is -2.13. The maximum atomic E-state index is 12.8. The Morgan fingerprint density at radius 2 is 2.00 bits per heavy atom. The predicted octanol–water partition coefficient (Wildman–Crippen LogP) is 4.05. The van der Waals surface area contributed by atoms with Crippen LogP contribution in [0.25, 0.3) is 6.08 Å². The highest BCUT2D eigenvalue weighted by Gasteiger charge is 2.36. The number of anilines is 1. The summed E-state index contributed by atoms with van der Waals surface area (Å²) in [6.45, 7) is -0.578. The van der Waals surface area contributed by atoms with Crippen LogP contribution in [-0.4, -0.2) is 35.9 Å². The van der Waals surface area contributed by atoms with Crippen LogP contribution in [0.1, 0.15) is 5.56 Å². The molecule has 1 heterocycles. The second-order valence-corrected chi connectivity index (χ2v) is 6.99. The van der Waals surface area contributed by atoms with Crippen molar-refractivity contribution in [3.63, 3.8) is 0 Å². The van der Waals surface area contributed by atoms with Gasteiger partial charge in [0.25, 0.3) is 11.1 Å². The van der Waals surface area contributed by atoms with E-state index in [0.29, 0.717) is 22.0 Å². The predicted molar refractivity (Wildman–Crippen MR) is 106 cm³/mol. The van der Waals surface area contributed by atoms with Gasteiger partial charge in [-0.1, -0.05) is 29.8 Å². The quantitative estimate of drug-likeness (QED) is 0.706. The Morgan fingerprint density at radius 1 is 1.25 bits per heavy atom. The van der Waals surface area contributed by atoms with Crippen LogP contribution in [0.2, 0.25) is 5.02 Å². The molecule has 7 nitrogen and oxygen atoms in total. The highest BCUT2D eigenvalue weighted by atomic mass is 35.5. The minimum Gasteiger partial charge on any atom is -0.493 e. The van der Waals surface area contributed by atoms with Gasteiger partial charge in [0.1, 0.15) is 0 Å². The average Bonchev–Trinajstić information content (AvgIpc) is 2.93. The number of carbonyl (C=O) groups excluding carboxylic acids is 2. The number of imide groups is 1. The van der Waals surface area contributed by atoms with E-state index in [2.05, 4.69) is 0 Å². The molecule has 144 valence electrons. The maximum Gasteiger partial charge on any atom is 0.341 e. The first kappa shape index (κ1) is 19.8. The summed E-state index contributed by atoms with van der Waals surface area (Å²) >= 11 is 6.72. The number of halogens is 1. The molecule has 0 bridgehead atoms. The molecule has 0 unspecified atom stereocenters. The number of nitrogens with zero attached hydrogens (tertiary/aromatic N) is 1.